The number of carbonyl (C=O) groups excluding carboxylic acids is 1. The lowest BCUT2D eigenvalue weighted by Crippen LogP contribution is -2.11. The van der Waals surface area contributed by atoms with Crippen LogP contribution in [0.4, 0.5) is 0 Å². The van der Waals surface area contributed by atoms with Gasteiger partial charge in [-0.1, -0.05) is 13.8 Å². The van der Waals surface area contributed by atoms with Crippen molar-refractivity contribution in [3.63, 3.8) is 0 Å². The van der Waals surface area contributed by atoms with Crippen molar-refractivity contribution in [2.75, 3.05) is 0 Å². The highest BCUT2D eigenvalue weighted by Gasteiger charge is 2.33. The maximum absolute atomic E-state index is 12.5. The Morgan fingerprint density at radius 1 is 1.00 bits per heavy atom. The molecule has 0 radical (unpaired) electrons. The summed E-state index contributed by atoms with van der Waals surface area (Å²) >= 11 is 0. The van der Waals surface area contributed by atoms with Crippen LogP contribution < -0.4 is 0 Å². The monoisotopic (exact) mass is 296 g/mol. The lowest BCUT2D eigenvalue weighted by molar-refractivity contribution is 0.0933. The molecule has 116 valence electrons. The van der Waals surface area contributed by atoms with Gasteiger partial charge in [-0.3, -0.25) is 9.48 Å². The van der Waals surface area contributed by atoms with Crippen molar-refractivity contribution in [3.05, 3.63) is 39.1 Å². The molecule has 3 rings (SSSR count). The molecule has 0 amide bonds. The molecule has 0 N–H and O–H groups in total. The molecule has 0 unspecified atom stereocenters. The molecule has 1 aromatic carbocycles. The molecule has 0 fully saturated rings. The van der Waals surface area contributed by atoms with Gasteiger partial charge in [0.25, 0.3) is 0 Å². The van der Waals surface area contributed by atoms with Crippen LogP contribution in [0.5, 0.6) is 0 Å². The molecule has 3 nitrogen and oxygen atoms in total. The highest BCUT2D eigenvalue weighted by molar-refractivity contribution is 6.00. The third kappa shape index (κ3) is 1.81. The Labute approximate surface area is 132 Å². The highest BCUT2D eigenvalue weighted by Crippen LogP contribution is 2.44. The van der Waals surface area contributed by atoms with E-state index in [-0.39, 0.29) is 11.7 Å². The maximum Gasteiger partial charge on any atom is 0.185 e. The number of hydrogen-bond donors (Lipinski definition) is 0. The second-order valence-corrected chi connectivity index (χ2v) is 6.85. The van der Waals surface area contributed by atoms with Crippen LogP contribution in [-0.4, -0.2) is 15.6 Å². The second kappa shape index (κ2) is 4.80. The molecule has 0 atom stereocenters. The summed E-state index contributed by atoms with van der Waals surface area (Å²) in [5.74, 6) is 0.127. The van der Waals surface area contributed by atoms with Crippen molar-refractivity contribution >= 4 is 5.78 Å². The molecule has 3 heteroatoms. The number of rotatable bonds is 2. The van der Waals surface area contributed by atoms with E-state index in [1.165, 1.54) is 33.4 Å². The first-order valence-electron chi connectivity index (χ1n) is 7.95. The van der Waals surface area contributed by atoms with E-state index in [0.717, 1.165) is 17.7 Å². The Kier molecular flexibility index (Phi) is 3.28. The topological polar surface area (TPSA) is 34.9 Å². The maximum atomic E-state index is 12.5. The summed E-state index contributed by atoms with van der Waals surface area (Å²) in [7, 11) is 1.95. The summed E-state index contributed by atoms with van der Waals surface area (Å²) in [4.78, 5) is 12.5. The average Bonchev–Trinajstić information content (AvgIpc) is 3.00. The molecule has 2 aromatic rings. The molecule has 1 aromatic heterocycles. The van der Waals surface area contributed by atoms with Crippen molar-refractivity contribution in [3.8, 4) is 11.3 Å². The first kappa shape index (κ1) is 15.0. The smallest absolute Gasteiger partial charge is 0.185 e. The molecule has 0 saturated heterocycles. The first-order chi connectivity index (χ1) is 10.3. The molecular weight excluding hydrogens is 272 g/mol. The number of Topliss-reactive ketones (excluding diaryl/α,β-unsaturated/α-hetero) is 1. The Bertz CT molecular complexity index is 810. The van der Waals surface area contributed by atoms with Crippen LogP contribution >= 0.6 is 0 Å². The number of nitrogens with zero attached hydrogens (tertiary/aromatic N) is 2. The Hall–Kier alpha value is -1.90. The lowest BCUT2D eigenvalue weighted by Gasteiger charge is -2.16. The molecule has 1 aliphatic carbocycles. The van der Waals surface area contributed by atoms with E-state index in [4.69, 9.17) is 0 Å². The van der Waals surface area contributed by atoms with Crippen LogP contribution in [0.2, 0.25) is 0 Å². The fourth-order valence-corrected chi connectivity index (χ4v) is 3.63. The summed E-state index contributed by atoms with van der Waals surface area (Å²) in [5, 5.41) is 4.54. The van der Waals surface area contributed by atoms with Crippen LogP contribution in [0.25, 0.3) is 11.3 Å². The summed E-state index contributed by atoms with van der Waals surface area (Å²) in [6, 6.07) is 0. The lowest BCUT2D eigenvalue weighted by atomic mass is 9.90. The highest BCUT2D eigenvalue weighted by atomic mass is 16.1. The van der Waals surface area contributed by atoms with Gasteiger partial charge in [0.1, 0.15) is 5.69 Å². The molecule has 0 spiro atoms. The third-order valence-corrected chi connectivity index (χ3v) is 5.31. The summed E-state index contributed by atoms with van der Waals surface area (Å²) < 4.78 is 1.90. The van der Waals surface area contributed by atoms with Gasteiger partial charge < -0.3 is 0 Å². The van der Waals surface area contributed by atoms with E-state index in [1.807, 2.05) is 25.6 Å². The fraction of sp³-hybridized carbons (Fsp3) is 0.474. The quantitative estimate of drug-likeness (QED) is 0.668. The van der Waals surface area contributed by atoms with Crippen molar-refractivity contribution in [2.24, 2.45) is 13.0 Å². The average molecular weight is 296 g/mol. The van der Waals surface area contributed by atoms with Gasteiger partial charge in [0.05, 0.1) is 5.69 Å². The van der Waals surface area contributed by atoms with Gasteiger partial charge in [-0.15, -0.1) is 0 Å². The van der Waals surface area contributed by atoms with E-state index in [1.54, 1.807) is 0 Å². The number of hydrogen-bond acceptors (Lipinski definition) is 2. The van der Waals surface area contributed by atoms with E-state index >= 15 is 0 Å². The minimum Gasteiger partial charge on any atom is -0.292 e. The number of aryl methyl sites for hydroxylation is 1. The molecule has 22 heavy (non-hydrogen) atoms. The Balaban J connectivity index is 2.31. The van der Waals surface area contributed by atoms with E-state index in [9.17, 15) is 4.79 Å². The summed E-state index contributed by atoms with van der Waals surface area (Å²) in [6.07, 6.45) is 0.833. The van der Waals surface area contributed by atoms with Crippen LogP contribution in [0, 0.1) is 33.6 Å². The van der Waals surface area contributed by atoms with Gasteiger partial charge in [0, 0.05) is 30.5 Å². The number of fused-ring (bicyclic) bond motifs is 3. The number of ketones is 1. The van der Waals surface area contributed by atoms with E-state index in [2.05, 4.69) is 32.8 Å². The minimum absolute atomic E-state index is 0.0200. The van der Waals surface area contributed by atoms with Crippen molar-refractivity contribution in [2.45, 2.75) is 48.0 Å². The fourth-order valence-electron chi connectivity index (χ4n) is 3.63. The normalized spacial score (nSPS) is 12.7. The molecular formula is C19H24N2O. The number of benzene rings is 1. The van der Waals surface area contributed by atoms with Crippen LogP contribution in [0.15, 0.2) is 0 Å². The zero-order valence-corrected chi connectivity index (χ0v) is 14.6. The molecule has 0 bridgehead atoms. The Morgan fingerprint density at radius 2 is 1.59 bits per heavy atom. The molecule has 1 aliphatic rings. The summed E-state index contributed by atoms with van der Waals surface area (Å²) in [5.41, 5.74) is 11.0. The van der Waals surface area contributed by atoms with Gasteiger partial charge >= 0.3 is 0 Å². The number of carbonyl (C=O) groups is 1. The van der Waals surface area contributed by atoms with Gasteiger partial charge in [-0.05, 0) is 55.5 Å². The van der Waals surface area contributed by atoms with Crippen molar-refractivity contribution in [1.29, 1.82) is 0 Å². The van der Waals surface area contributed by atoms with Crippen LogP contribution in [0.3, 0.4) is 0 Å². The third-order valence-electron chi connectivity index (χ3n) is 5.31. The predicted molar refractivity (Wildman–Crippen MR) is 89.6 cm³/mol. The van der Waals surface area contributed by atoms with Gasteiger partial charge in [0.2, 0.25) is 0 Å². The standard InChI is InChI=1S/C19H24N2O/c1-9(2)19(22)17-15-8-14-12(5)10(3)11(4)13(6)16(14)18(15)21(7)20-17/h9H,8H2,1-7H3. The van der Waals surface area contributed by atoms with Crippen LogP contribution in [0.1, 0.15) is 57.7 Å². The van der Waals surface area contributed by atoms with Gasteiger partial charge in [0.15, 0.2) is 5.78 Å². The minimum atomic E-state index is -0.0200. The number of aromatic nitrogens is 2. The molecule has 0 aliphatic heterocycles. The molecule has 1 heterocycles. The SMILES string of the molecule is Cc1c(C)c(C)c2c(c1C)Cc1c(C(=O)C(C)C)nn(C)c1-2. The van der Waals surface area contributed by atoms with Crippen LogP contribution in [-0.2, 0) is 13.5 Å². The van der Waals surface area contributed by atoms with E-state index < -0.39 is 0 Å². The van der Waals surface area contributed by atoms with E-state index in [0.29, 0.717) is 5.69 Å². The zero-order valence-electron chi connectivity index (χ0n) is 14.6. The van der Waals surface area contributed by atoms with Gasteiger partial charge in [-0.25, -0.2) is 0 Å². The van der Waals surface area contributed by atoms with Crippen molar-refractivity contribution < 1.29 is 4.79 Å². The molecule has 0 saturated carbocycles. The largest absolute Gasteiger partial charge is 0.292 e. The Morgan fingerprint density at radius 3 is 2.18 bits per heavy atom. The summed E-state index contributed by atoms with van der Waals surface area (Å²) in [6.45, 7) is 12.6. The second-order valence-electron chi connectivity index (χ2n) is 6.85. The van der Waals surface area contributed by atoms with Gasteiger partial charge in [-0.2, -0.15) is 5.10 Å². The zero-order chi connectivity index (χ0) is 16.3. The first-order valence-corrected chi connectivity index (χ1v) is 7.95. The van der Waals surface area contributed by atoms with Crippen molar-refractivity contribution in [1.82, 2.24) is 9.78 Å². The predicted octanol–water partition coefficient (Wildman–Crippen LogP) is 4.06.